The van der Waals surface area contributed by atoms with Crippen LogP contribution in [0.25, 0.3) is 0 Å². The van der Waals surface area contributed by atoms with Crippen LogP contribution < -0.4 is 0 Å². The number of benzene rings is 1. The fourth-order valence-electron chi connectivity index (χ4n) is 0.866. The van der Waals surface area contributed by atoms with Crippen molar-refractivity contribution in [1.82, 2.24) is 0 Å². The third-order valence-electron chi connectivity index (χ3n) is 1.50. The third kappa shape index (κ3) is 2.06. The zero-order valence-corrected chi connectivity index (χ0v) is 7.16. The molecule has 0 spiro atoms. The molecule has 3 heteroatoms. The normalized spacial score (nSPS) is 12.5. The SMILES string of the molecule is O=C(c1ccccc1)C(Cl)CO. The van der Waals surface area contributed by atoms with Gasteiger partial charge in [-0.05, 0) is 0 Å². The number of hydrogen-bond donors (Lipinski definition) is 1. The molecule has 0 aromatic heterocycles. The molecule has 0 bridgehead atoms. The van der Waals surface area contributed by atoms with Gasteiger partial charge in [0.15, 0.2) is 5.78 Å². The summed E-state index contributed by atoms with van der Waals surface area (Å²) in [5.74, 6) is -0.236. The molecule has 0 saturated heterocycles. The number of aliphatic hydroxyl groups excluding tert-OH is 1. The molecule has 0 aliphatic heterocycles. The summed E-state index contributed by atoms with van der Waals surface area (Å²) in [6.45, 7) is -0.324. The van der Waals surface area contributed by atoms with Crippen LogP contribution in [-0.2, 0) is 0 Å². The van der Waals surface area contributed by atoms with E-state index in [-0.39, 0.29) is 12.4 Å². The second-order valence-corrected chi connectivity index (χ2v) is 2.91. The highest BCUT2D eigenvalue weighted by atomic mass is 35.5. The number of carbonyl (C=O) groups is 1. The van der Waals surface area contributed by atoms with Crippen LogP contribution in [0.3, 0.4) is 0 Å². The maximum atomic E-state index is 11.3. The summed E-state index contributed by atoms with van der Waals surface area (Å²) in [6.07, 6.45) is 0. The topological polar surface area (TPSA) is 37.3 Å². The summed E-state index contributed by atoms with van der Waals surface area (Å²) in [4.78, 5) is 11.3. The lowest BCUT2D eigenvalue weighted by Gasteiger charge is -2.03. The third-order valence-corrected chi connectivity index (χ3v) is 1.84. The molecule has 1 aromatic rings. The van der Waals surface area contributed by atoms with Gasteiger partial charge in [-0.25, -0.2) is 0 Å². The zero-order valence-electron chi connectivity index (χ0n) is 6.40. The van der Waals surface area contributed by atoms with Crippen molar-refractivity contribution in [3.05, 3.63) is 35.9 Å². The van der Waals surface area contributed by atoms with E-state index in [1.807, 2.05) is 6.07 Å². The molecule has 0 radical (unpaired) electrons. The molecule has 0 fully saturated rings. The van der Waals surface area contributed by atoms with Gasteiger partial charge in [0.05, 0.1) is 6.61 Å². The maximum absolute atomic E-state index is 11.3. The summed E-state index contributed by atoms with van der Waals surface area (Å²) >= 11 is 5.55. The van der Waals surface area contributed by atoms with Gasteiger partial charge >= 0.3 is 0 Å². The summed E-state index contributed by atoms with van der Waals surface area (Å²) in [7, 11) is 0. The van der Waals surface area contributed by atoms with Crippen LogP contribution in [0.2, 0.25) is 0 Å². The number of ketones is 1. The van der Waals surface area contributed by atoms with Crippen molar-refractivity contribution < 1.29 is 9.90 Å². The van der Waals surface area contributed by atoms with E-state index in [0.29, 0.717) is 5.56 Å². The zero-order chi connectivity index (χ0) is 8.97. The fourth-order valence-corrected chi connectivity index (χ4v) is 0.992. The Hall–Kier alpha value is -0.860. The van der Waals surface area contributed by atoms with Gasteiger partial charge in [0.25, 0.3) is 0 Å². The van der Waals surface area contributed by atoms with Crippen molar-refractivity contribution in [2.75, 3.05) is 6.61 Å². The van der Waals surface area contributed by atoms with E-state index >= 15 is 0 Å². The minimum atomic E-state index is -0.826. The number of halogens is 1. The molecule has 0 aliphatic rings. The second kappa shape index (κ2) is 4.24. The number of hydrogen-bond acceptors (Lipinski definition) is 2. The van der Waals surface area contributed by atoms with Crippen molar-refractivity contribution in [3.63, 3.8) is 0 Å². The van der Waals surface area contributed by atoms with E-state index in [1.54, 1.807) is 24.3 Å². The van der Waals surface area contributed by atoms with Crippen molar-refractivity contribution in [3.8, 4) is 0 Å². The van der Waals surface area contributed by atoms with Crippen molar-refractivity contribution >= 4 is 17.4 Å². The fraction of sp³-hybridized carbons (Fsp3) is 0.222. The van der Waals surface area contributed by atoms with Crippen LogP contribution in [0.5, 0.6) is 0 Å². The Balaban J connectivity index is 2.79. The quantitative estimate of drug-likeness (QED) is 0.571. The van der Waals surface area contributed by atoms with E-state index in [1.165, 1.54) is 0 Å². The van der Waals surface area contributed by atoms with Gasteiger partial charge in [-0.1, -0.05) is 30.3 Å². The monoisotopic (exact) mass is 184 g/mol. The first-order chi connectivity index (χ1) is 5.75. The van der Waals surface area contributed by atoms with E-state index in [2.05, 4.69) is 0 Å². The molecule has 1 N–H and O–H groups in total. The minimum Gasteiger partial charge on any atom is -0.394 e. The second-order valence-electron chi connectivity index (χ2n) is 2.38. The molecular formula is C9H9ClO2. The minimum absolute atomic E-state index is 0.236. The molecule has 1 rings (SSSR count). The Labute approximate surface area is 75.8 Å². The first-order valence-electron chi connectivity index (χ1n) is 3.60. The maximum Gasteiger partial charge on any atom is 0.183 e. The predicted molar refractivity (Wildman–Crippen MR) is 47.5 cm³/mol. The summed E-state index contributed by atoms with van der Waals surface area (Å²) in [5, 5.41) is 7.79. The lowest BCUT2D eigenvalue weighted by Crippen LogP contribution is -2.18. The van der Waals surface area contributed by atoms with Gasteiger partial charge in [-0.3, -0.25) is 4.79 Å². The highest BCUT2D eigenvalue weighted by molar-refractivity contribution is 6.34. The molecular weight excluding hydrogens is 176 g/mol. The predicted octanol–water partition coefficient (Wildman–Crippen LogP) is 1.47. The van der Waals surface area contributed by atoms with Crippen molar-refractivity contribution in [2.24, 2.45) is 0 Å². The van der Waals surface area contributed by atoms with Gasteiger partial charge < -0.3 is 5.11 Å². The average molecular weight is 185 g/mol. The standard InChI is InChI=1S/C9H9ClO2/c10-8(6-11)9(12)7-4-2-1-3-5-7/h1-5,8,11H,6H2. The van der Waals surface area contributed by atoms with Gasteiger partial charge in [0.2, 0.25) is 0 Å². The lowest BCUT2D eigenvalue weighted by atomic mass is 10.1. The van der Waals surface area contributed by atoms with Crippen LogP contribution in [0, 0.1) is 0 Å². The Morgan fingerprint density at radius 1 is 1.42 bits per heavy atom. The number of Topliss-reactive ketones (excluding diaryl/α,β-unsaturated/α-hetero) is 1. The molecule has 1 atom stereocenters. The molecule has 12 heavy (non-hydrogen) atoms. The van der Waals surface area contributed by atoms with Crippen LogP contribution >= 0.6 is 11.6 Å². The first kappa shape index (κ1) is 9.23. The van der Waals surface area contributed by atoms with Crippen LogP contribution in [0.4, 0.5) is 0 Å². The van der Waals surface area contributed by atoms with Gasteiger partial charge in [-0.2, -0.15) is 0 Å². The number of carbonyl (C=O) groups excluding carboxylic acids is 1. The molecule has 64 valence electrons. The lowest BCUT2D eigenvalue weighted by molar-refractivity contribution is 0.0962. The van der Waals surface area contributed by atoms with Crippen LogP contribution in [-0.4, -0.2) is 22.9 Å². The van der Waals surface area contributed by atoms with Crippen LogP contribution in [0.15, 0.2) is 30.3 Å². The van der Waals surface area contributed by atoms with E-state index < -0.39 is 5.38 Å². The highest BCUT2D eigenvalue weighted by Gasteiger charge is 2.14. The summed E-state index contributed by atoms with van der Waals surface area (Å²) in [5.41, 5.74) is 0.534. The number of rotatable bonds is 3. The van der Waals surface area contributed by atoms with E-state index in [4.69, 9.17) is 16.7 Å². The number of aliphatic hydroxyl groups is 1. The summed E-state index contributed by atoms with van der Waals surface area (Å²) in [6, 6.07) is 8.68. The van der Waals surface area contributed by atoms with Crippen LogP contribution in [0.1, 0.15) is 10.4 Å². The van der Waals surface area contributed by atoms with Gasteiger partial charge in [-0.15, -0.1) is 11.6 Å². The average Bonchev–Trinajstić information content (AvgIpc) is 2.17. The van der Waals surface area contributed by atoms with E-state index in [9.17, 15) is 4.79 Å². The highest BCUT2D eigenvalue weighted by Crippen LogP contribution is 2.07. The first-order valence-corrected chi connectivity index (χ1v) is 4.03. The Bertz CT molecular complexity index is 258. The molecule has 0 saturated carbocycles. The van der Waals surface area contributed by atoms with Gasteiger partial charge in [0.1, 0.15) is 5.38 Å². The Kier molecular flexibility index (Phi) is 3.26. The molecule has 2 nitrogen and oxygen atoms in total. The van der Waals surface area contributed by atoms with E-state index in [0.717, 1.165) is 0 Å². The van der Waals surface area contributed by atoms with Crippen molar-refractivity contribution in [2.45, 2.75) is 5.38 Å². The Morgan fingerprint density at radius 2 is 2.00 bits per heavy atom. The number of alkyl halides is 1. The largest absolute Gasteiger partial charge is 0.394 e. The molecule has 1 unspecified atom stereocenters. The van der Waals surface area contributed by atoms with Crippen molar-refractivity contribution in [1.29, 1.82) is 0 Å². The molecule has 0 amide bonds. The molecule has 0 aliphatic carbocycles. The van der Waals surface area contributed by atoms with Gasteiger partial charge in [0, 0.05) is 5.56 Å². The molecule has 0 heterocycles. The summed E-state index contributed by atoms with van der Waals surface area (Å²) < 4.78 is 0. The molecule has 1 aromatic carbocycles. The Morgan fingerprint density at radius 3 is 2.50 bits per heavy atom. The smallest absolute Gasteiger partial charge is 0.183 e.